The number of rotatable bonds is 7. The van der Waals surface area contributed by atoms with Crippen molar-refractivity contribution in [3.05, 3.63) is 30.1 Å². The van der Waals surface area contributed by atoms with E-state index < -0.39 is 0 Å². The molecule has 1 aromatic rings. The van der Waals surface area contributed by atoms with Crippen LogP contribution in [-0.2, 0) is 6.54 Å². The second-order valence-electron chi connectivity index (χ2n) is 6.28. The molecule has 1 aromatic heterocycles. The molecule has 4 heteroatoms. The van der Waals surface area contributed by atoms with Crippen molar-refractivity contribution in [3.8, 4) is 0 Å². The molecule has 4 nitrogen and oxygen atoms in total. The number of hydrogen-bond donors (Lipinski definition) is 2. The molecule has 0 radical (unpaired) electrons. The van der Waals surface area contributed by atoms with E-state index in [4.69, 9.17) is 0 Å². The Labute approximate surface area is 128 Å². The van der Waals surface area contributed by atoms with Crippen molar-refractivity contribution in [1.82, 2.24) is 15.2 Å². The van der Waals surface area contributed by atoms with E-state index in [1.165, 1.54) is 0 Å². The van der Waals surface area contributed by atoms with Crippen molar-refractivity contribution < 1.29 is 5.11 Å². The number of likely N-dealkylation sites (tertiary alicyclic amines) is 1. The van der Waals surface area contributed by atoms with E-state index in [1.807, 2.05) is 12.3 Å². The maximum atomic E-state index is 9.83. The summed E-state index contributed by atoms with van der Waals surface area (Å²) in [7, 11) is 0. The van der Waals surface area contributed by atoms with Gasteiger partial charge in [0.25, 0.3) is 0 Å². The fourth-order valence-electron chi connectivity index (χ4n) is 3.12. The molecule has 1 aliphatic heterocycles. The fourth-order valence-corrected chi connectivity index (χ4v) is 3.12. The highest BCUT2D eigenvalue weighted by molar-refractivity contribution is 5.03. The van der Waals surface area contributed by atoms with Gasteiger partial charge in [0.2, 0.25) is 0 Å². The molecule has 0 bridgehead atoms. The zero-order valence-corrected chi connectivity index (χ0v) is 13.3. The Hall–Kier alpha value is -0.970. The Morgan fingerprint density at radius 1 is 1.48 bits per heavy atom. The van der Waals surface area contributed by atoms with Gasteiger partial charge >= 0.3 is 0 Å². The van der Waals surface area contributed by atoms with E-state index in [9.17, 15) is 5.11 Å². The monoisotopic (exact) mass is 291 g/mol. The van der Waals surface area contributed by atoms with Gasteiger partial charge in [-0.3, -0.25) is 9.88 Å². The first-order chi connectivity index (χ1) is 10.2. The highest BCUT2D eigenvalue weighted by Gasteiger charge is 2.26. The fraction of sp³-hybridized carbons (Fsp3) is 0.706. The number of aliphatic hydroxyl groups excluding tert-OH is 1. The number of nitrogens with one attached hydrogen (secondary N) is 1. The summed E-state index contributed by atoms with van der Waals surface area (Å²) in [6, 6.07) is 6.63. The van der Waals surface area contributed by atoms with Crippen molar-refractivity contribution in [3.63, 3.8) is 0 Å². The zero-order valence-electron chi connectivity index (χ0n) is 13.3. The van der Waals surface area contributed by atoms with Gasteiger partial charge in [-0.05, 0) is 30.9 Å². The lowest BCUT2D eigenvalue weighted by Gasteiger charge is -2.37. The molecule has 2 heterocycles. The standard InChI is InChI=1S/C17H29N3O/c1-3-6-16(21)11-19-17-8-10-20(12-14(17)2)13-15-7-4-5-9-18-15/h4-5,7,9,14,16-17,19,21H,3,6,8,10-13H2,1-2H3. The molecule has 1 saturated heterocycles. The largest absolute Gasteiger partial charge is 0.392 e. The lowest BCUT2D eigenvalue weighted by atomic mass is 9.93. The van der Waals surface area contributed by atoms with Crippen LogP contribution in [0.1, 0.15) is 38.8 Å². The predicted molar refractivity (Wildman–Crippen MR) is 86.0 cm³/mol. The molecule has 21 heavy (non-hydrogen) atoms. The van der Waals surface area contributed by atoms with Gasteiger partial charge < -0.3 is 10.4 Å². The summed E-state index contributed by atoms with van der Waals surface area (Å²) in [6.07, 6.45) is 4.74. The average Bonchev–Trinajstić information content (AvgIpc) is 2.48. The third-order valence-corrected chi connectivity index (χ3v) is 4.34. The first kappa shape index (κ1) is 16.4. The Balaban J connectivity index is 1.74. The lowest BCUT2D eigenvalue weighted by Crippen LogP contribution is -2.49. The summed E-state index contributed by atoms with van der Waals surface area (Å²) in [5.74, 6) is 0.608. The molecule has 1 aliphatic rings. The van der Waals surface area contributed by atoms with Gasteiger partial charge in [0, 0.05) is 38.4 Å². The summed E-state index contributed by atoms with van der Waals surface area (Å²) in [5.41, 5.74) is 1.15. The number of pyridine rings is 1. The Bertz CT molecular complexity index is 398. The van der Waals surface area contributed by atoms with Crippen molar-refractivity contribution in [1.29, 1.82) is 0 Å². The molecule has 118 valence electrons. The first-order valence-electron chi connectivity index (χ1n) is 8.22. The molecular formula is C17H29N3O. The van der Waals surface area contributed by atoms with Gasteiger partial charge in [-0.15, -0.1) is 0 Å². The van der Waals surface area contributed by atoms with Crippen LogP contribution in [0.15, 0.2) is 24.4 Å². The second-order valence-corrected chi connectivity index (χ2v) is 6.28. The Morgan fingerprint density at radius 3 is 3.00 bits per heavy atom. The molecule has 2 N–H and O–H groups in total. The quantitative estimate of drug-likeness (QED) is 0.807. The first-order valence-corrected chi connectivity index (χ1v) is 8.22. The number of nitrogens with zero attached hydrogens (tertiary/aromatic N) is 2. The lowest BCUT2D eigenvalue weighted by molar-refractivity contribution is 0.115. The maximum Gasteiger partial charge on any atom is 0.0664 e. The second kappa shape index (κ2) is 8.47. The van der Waals surface area contributed by atoms with Crippen LogP contribution < -0.4 is 5.32 Å². The minimum atomic E-state index is -0.200. The van der Waals surface area contributed by atoms with Crippen LogP contribution in [0.4, 0.5) is 0 Å². The van der Waals surface area contributed by atoms with E-state index in [-0.39, 0.29) is 6.10 Å². The summed E-state index contributed by atoms with van der Waals surface area (Å²) < 4.78 is 0. The van der Waals surface area contributed by atoms with Gasteiger partial charge in [0.15, 0.2) is 0 Å². The van der Waals surface area contributed by atoms with Crippen LogP contribution in [-0.4, -0.2) is 46.8 Å². The van der Waals surface area contributed by atoms with E-state index >= 15 is 0 Å². The van der Waals surface area contributed by atoms with Crippen LogP contribution in [0, 0.1) is 5.92 Å². The molecule has 3 atom stereocenters. The molecule has 1 fully saturated rings. The third-order valence-electron chi connectivity index (χ3n) is 4.34. The van der Waals surface area contributed by atoms with E-state index in [1.54, 1.807) is 0 Å². The van der Waals surface area contributed by atoms with E-state index in [2.05, 4.69) is 41.2 Å². The van der Waals surface area contributed by atoms with Gasteiger partial charge in [0.05, 0.1) is 11.8 Å². The molecule has 0 saturated carbocycles. The normalized spacial score (nSPS) is 24.9. The minimum absolute atomic E-state index is 0.200. The van der Waals surface area contributed by atoms with Crippen LogP contribution in [0.5, 0.6) is 0 Å². The summed E-state index contributed by atoms with van der Waals surface area (Å²) in [5, 5.41) is 13.4. The van der Waals surface area contributed by atoms with E-state index in [0.717, 1.165) is 51.1 Å². The zero-order chi connectivity index (χ0) is 15.1. The number of hydrogen-bond acceptors (Lipinski definition) is 4. The molecule has 3 unspecified atom stereocenters. The highest BCUT2D eigenvalue weighted by atomic mass is 16.3. The van der Waals surface area contributed by atoms with Gasteiger partial charge in [-0.2, -0.15) is 0 Å². The number of piperidine rings is 1. The van der Waals surface area contributed by atoms with E-state index in [0.29, 0.717) is 12.0 Å². The SMILES string of the molecule is CCCC(O)CNC1CCN(Cc2ccccn2)CC1C. The van der Waals surface area contributed by atoms with Crippen molar-refractivity contribution in [2.24, 2.45) is 5.92 Å². The number of aromatic nitrogens is 1. The third kappa shape index (κ3) is 5.38. The van der Waals surface area contributed by atoms with Crippen LogP contribution in [0.25, 0.3) is 0 Å². The molecule has 0 spiro atoms. The van der Waals surface area contributed by atoms with Crippen molar-refractivity contribution in [2.75, 3.05) is 19.6 Å². The Morgan fingerprint density at radius 2 is 2.33 bits per heavy atom. The molecule has 2 rings (SSSR count). The van der Waals surface area contributed by atoms with Gasteiger partial charge in [0.1, 0.15) is 0 Å². The van der Waals surface area contributed by atoms with Gasteiger partial charge in [-0.25, -0.2) is 0 Å². The van der Waals surface area contributed by atoms with Crippen LogP contribution in [0.2, 0.25) is 0 Å². The van der Waals surface area contributed by atoms with Crippen molar-refractivity contribution >= 4 is 0 Å². The van der Waals surface area contributed by atoms with Gasteiger partial charge in [-0.1, -0.05) is 26.3 Å². The molecule has 0 amide bonds. The topological polar surface area (TPSA) is 48.4 Å². The molecule has 0 aromatic carbocycles. The average molecular weight is 291 g/mol. The van der Waals surface area contributed by atoms with Crippen LogP contribution in [0.3, 0.4) is 0 Å². The smallest absolute Gasteiger partial charge is 0.0664 e. The molecule has 0 aliphatic carbocycles. The van der Waals surface area contributed by atoms with Crippen LogP contribution >= 0.6 is 0 Å². The minimum Gasteiger partial charge on any atom is -0.392 e. The summed E-state index contributed by atoms with van der Waals surface area (Å²) in [4.78, 5) is 6.89. The van der Waals surface area contributed by atoms with Crippen molar-refractivity contribution in [2.45, 2.75) is 51.8 Å². The summed E-state index contributed by atoms with van der Waals surface area (Å²) in [6.45, 7) is 8.27. The Kier molecular flexibility index (Phi) is 6.61. The maximum absolute atomic E-state index is 9.83. The number of aliphatic hydroxyl groups is 1. The molecular weight excluding hydrogens is 262 g/mol. The predicted octanol–water partition coefficient (Wildman–Crippen LogP) is 2.04. The summed E-state index contributed by atoms with van der Waals surface area (Å²) >= 11 is 0. The highest BCUT2D eigenvalue weighted by Crippen LogP contribution is 2.18.